The zero-order valence-corrected chi connectivity index (χ0v) is 14.8. The Labute approximate surface area is 141 Å². The summed E-state index contributed by atoms with van der Waals surface area (Å²) < 4.78 is 16.7. The molecule has 3 rings (SSSR count). The maximum atomic E-state index is 14.6. The molecule has 3 aromatic rings. The minimum Gasteiger partial charge on any atom is -0.326 e. The van der Waals surface area contributed by atoms with Gasteiger partial charge in [0, 0.05) is 23.5 Å². The maximum absolute atomic E-state index is 14.6. The number of aromatic nitrogens is 3. The molecule has 0 spiro atoms. The lowest BCUT2D eigenvalue weighted by atomic mass is 9.97. The lowest BCUT2D eigenvalue weighted by Gasteiger charge is -2.13. The van der Waals surface area contributed by atoms with E-state index in [0.717, 1.165) is 39.3 Å². The smallest absolute Gasteiger partial charge is 0.151 e. The molecule has 1 aromatic carbocycles. The molecule has 0 saturated heterocycles. The van der Waals surface area contributed by atoms with E-state index >= 15 is 0 Å². The second-order valence-corrected chi connectivity index (χ2v) is 6.57. The second-order valence-electron chi connectivity index (χ2n) is 6.57. The van der Waals surface area contributed by atoms with Gasteiger partial charge in [0.15, 0.2) is 5.82 Å². The Kier molecular flexibility index (Phi) is 3.99. The standard InChI is InChI=1S/C20H22FN3/c1-11(2)24-15(6)23-20-18(21)8-16(9-19(20)24)13(4)17-7-12(3)10-22-14(17)5/h7-11H,4H2,1-3,5-6H3. The quantitative estimate of drug-likeness (QED) is 0.668. The molecule has 0 unspecified atom stereocenters. The predicted octanol–water partition coefficient (Wildman–Crippen LogP) is 5.14. The Morgan fingerprint density at radius 2 is 1.88 bits per heavy atom. The number of aryl methyl sites for hydroxylation is 3. The zero-order chi connectivity index (χ0) is 17.6. The highest BCUT2D eigenvalue weighted by molar-refractivity contribution is 5.86. The van der Waals surface area contributed by atoms with Crippen LogP contribution in [0.5, 0.6) is 0 Å². The van der Waals surface area contributed by atoms with Gasteiger partial charge in [0.2, 0.25) is 0 Å². The van der Waals surface area contributed by atoms with E-state index in [-0.39, 0.29) is 11.9 Å². The number of rotatable bonds is 3. The van der Waals surface area contributed by atoms with Crippen molar-refractivity contribution in [1.82, 2.24) is 14.5 Å². The summed E-state index contributed by atoms with van der Waals surface area (Å²) in [6, 6.07) is 5.74. The minimum atomic E-state index is -0.315. The third-order valence-electron chi connectivity index (χ3n) is 4.34. The lowest BCUT2D eigenvalue weighted by Crippen LogP contribution is -2.03. The third kappa shape index (κ3) is 2.62. The van der Waals surface area contributed by atoms with Gasteiger partial charge in [-0.1, -0.05) is 6.58 Å². The van der Waals surface area contributed by atoms with Crippen LogP contribution in [0.4, 0.5) is 4.39 Å². The van der Waals surface area contributed by atoms with Crippen molar-refractivity contribution in [1.29, 1.82) is 0 Å². The highest BCUT2D eigenvalue weighted by Gasteiger charge is 2.17. The fourth-order valence-electron chi connectivity index (χ4n) is 3.19. The molecule has 0 aliphatic carbocycles. The van der Waals surface area contributed by atoms with Crippen LogP contribution in [0.3, 0.4) is 0 Å². The molecule has 4 heteroatoms. The summed E-state index contributed by atoms with van der Waals surface area (Å²) in [6.07, 6.45) is 1.83. The molecule has 0 saturated carbocycles. The van der Waals surface area contributed by atoms with Crippen molar-refractivity contribution < 1.29 is 4.39 Å². The summed E-state index contributed by atoms with van der Waals surface area (Å²) in [4.78, 5) is 8.77. The van der Waals surface area contributed by atoms with Gasteiger partial charge in [-0.25, -0.2) is 9.37 Å². The molecule has 0 aliphatic rings. The van der Waals surface area contributed by atoms with Gasteiger partial charge in [-0.3, -0.25) is 4.98 Å². The molecule has 3 nitrogen and oxygen atoms in total. The highest BCUT2D eigenvalue weighted by Crippen LogP contribution is 2.30. The monoisotopic (exact) mass is 323 g/mol. The van der Waals surface area contributed by atoms with Crippen molar-refractivity contribution in [2.75, 3.05) is 0 Å². The normalized spacial score (nSPS) is 11.5. The maximum Gasteiger partial charge on any atom is 0.151 e. The molecule has 0 fully saturated rings. The van der Waals surface area contributed by atoms with Gasteiger partial charge in [-0.05, 0) is 69.5 Å². The molecule has 0 aliphatic heterocycles. The van der Waals surface area contributed by atoms with Gasteiger partial charge in [0.25, 0.3) is 0 Å². The molecule has 0 atom stereocenters. The minimum absolute atomic E-state index is 0.209. The number of pyridine rings is 1. The molecule has 2 heterocycles. The van der Waals surface area contributed by atoms with E-state index in [1.54, 1.807) is 0 Å². The van der Waals surface area contributed by atoms with Crippen molar-refractivity contribution in [2.24, 2.45) is 0 Å². The number of halogens is 1. The van der Waals surface area contributed by atoms with Crippen molar-refractivity contribution in [3.63, 3.8) is 0 Å². The van der Waals surface area contributed by atoms with E-state index in [2.05, 4.69) is 35.0 Å². The molecule has 2 aromatic heterocycles. The van der Waals surface area contributed by atoms with Crippen molar-refractivity contribution >= 4 is 16.6 Å². The summed E-state index contributed by atoms with van der Waals surface area (Å²) >= 11 is 0. The molecule has 24 heavy (non-hydrogen) atoms. The lowest BCUT2D eigenvalue weighted by molar-refractivity contribution is 0.600. The van der Waals surface area contributed by atoms with Crippen molar-refractivity contribution in [2.45, 2.75) is 40.7 Å². The van der Waals surface area contributed by atoms with Gasteiger partial charge in [0.05, 0.1) is 5.52 Å². The van der Waals surface area contributed by atoms with Gasteiger partial charge in [0.1, 0.15) is 11.3 Å². The Morgan fingerprint density at radius 3 is 2.54 bits per heavy atom. The Morgan fingerprint density at radius 1 is 1.17 bits per heavy atom. The Balaban J connectivity index is 2.21. The van der Waals surface area contributed by atoms with Crippen LogP contribution in [-0.2, 0) is 0 Å². The molecule has 0 N–H and O–H groups in total. The van der Waals surface area contributed by atoms with E-state index < -0.39 is 0 Å². The van der Waals surface area contributed by atoms with Crippen LogP contribution in [0.15, 0.2) is 31.0 Å². The number of nitrogens with zero attached hydrogens (tertiary/aromatic N) is 3. The van der Waals surface area contributed by atoms with Gasteiger partial charge in [-0.15, -0.1) is 0 Å². The molecule has 0 radical (unpaired) electrons. The van der Waals surface area contributed by atoms with Crippen LogP contribution in [0.2, 0.25) is 0 Å². The summed E-state index contributed by atoms with van der Waals surface area (Å²) in [5.41, 5.74) is 5.65. The van der Waals surface area contributed by atoms with Crippen molar-refractivity contribution in [3.8, 4) is 0 Å². The van der Waals surface area contributed by atoms with Crippen LogP contribution in [0.1, 0.15) is 48.1 Å². The summed E-state index contributed by atoms with van der Waals surface area (Å²) in [5.74, 6) is 0.500. The average molecular weight is 323 g/mol. The van der Waals surface area contributed by atoms with Crippen LogP contribution < -0.4 is 0 Å². The van der Waals surface area contributed by atoms with E-state index in [4.69, 9.17) is 0 Å². The van der Waals surface area contributed by atoms with Gasteiger partial charge < -0.3 is 4.57 Å². The van der Waals surface area contributed by atoms with Crippen LogP contribution in [0, 0.1) is 26.6 Å². The number of imidazole rings is 1. The highest BCUT2D eigenvalue weighted by atomic mass is 19.1. The van der Waals surface area contributed by atoms with Crippen molar-refractivity contribution in [3.05, 3.63) is 65.0 Å². The largest absolute Gasteiger partial charge is 0.326 e. The van der Waals surface area contributed by atoms with Crippen LogP contribution in [-0.4, -0.2) is 14.5 Å². The number of fused-ring (bicyclic) bond motifs is 1. The molecule has 0 amide bonds. The molecule has 0 bridgehead atoms. The summed E-state index contributed by atoms with van der Waals surface area (Å²) in [7, 11) is 0. The van der Waals surface area contributed by atoms with Crippen LogP contribution >= 0.6 is 0 Å². The SMILES string of the molecule is C=C(c1cc(F)c2nc(C)n(C(C)C)c2c1)c1cc(C)cnc1C. The predicted molar refractivity (Wildman–Crippen MR) is 96.7 cm³/mol. The molecular weight excluding hydrogens is 301 g/mol. The first kappa shape index (κ1) is 16.4. The molecule has 124 valence electrons. The topological polar surface area (TPSA) is 30.7 Å². The Bertz CT molecular complexity index is 951. The fourth-order valence-corrected chi connectivity index (χ4v) is 3.19. The van der Waals surface area contributed by atoms with Gasteiger partial charge >= 0.3 is 0 Å². The fraction of sp³-hybridized carbons (Fsp3) is 0.300. The third-order valence-corrected chi connectivity index (χ3v) is 4.34. The van der Waals surface area contributed by atoms with E-state index in [9.17, 15) is 4.39 Å². The summed E-state index contributed by atoms with van der Waals surface area (Å²) in [5, 5.41) is 0. The number of hydrogen-bond acceptors (Lipinski definition) is 2. The first-order chi connectivity index (χ1) is 11.3. The Hall–Kier alpha value is -2.49. The first-order valence-electron chi connectivity index (χ1n) is 8.10. The second kappa shape index (κ2) is 5.86. The number of hydrogen-bond donors (Lipinski definition) is 0. The first-order valence-corrected chi connectivity index (χ1v) is 8.10. The zero-order valence-electron chi connectivity index (χ0n) is 14.8. The average Bonchev–Trinajstić information content (AvgIpc) is 2.85. The van der Waals surface area contributed by atoms with E-state index in [1.807, 2.05) is 39.1 Å². The summed E-state index contributed by atoms with van der Waals surface area (Å²) in [6.45, 7) is 14.2. The number of benzene rings is 1. The van der Waals surface area contributed by atoms with Crippen LogP contribution in [0.25, 0.3) is 16.6 Å². The van der Waals surface area contributed by atoms with E-state index in [0.29, 0.717) is 5.52 Å². The van der Waals surface area contributed by atoms with E-state index in [1.165, 1.54) is 6.07 Å². The molecular formula is C20H22FN3. The van der Waals surface area contributed by atoms with Gasteiger partial charge in [-0.2, -0.15) is 0 Å².